The lowest BCUT2D eigenvalue weighted by molar-refractivity contribution is -0.0566. The maximum absolute atomic E-state index is 13.7. The average Bonchev–Trinajstić information content (AvgIpc) is 2.64. The number of alkyl halides is 3. The van der Waals surface area contributed by atoms with E-state index in [9.17, 15) is 13.2 Å². The Morgan fingerprint density at radius 1 is 0.923 bits per heavy atom. The predicted molar refractivity (Wildman–Crippen MR) is 104 cm³/mol. The third-order valence-corrected chi connectivity index (χ3v) is 5.96. The van der Waals surface area contributed by atoms with Gasteiger partial charge in [0.1, 0.15) is 0 Å². The second kappa shape index (κ2) is 10.4. The van der Waals surface area contributed by atoms with Gasteiger partial charge in [-0.2, -0.15) is 0 Å². The summed E-state index contributed by atoms with van der Waals surface area (Å²) < 4.78 is 40.0. The first-order valence-corrected chi connectivity index (χ1v) is 10.5. The zero-order valence-electron chi connectivity index (χ0n) is 16.5. The van der Waals surface area contributed by atoms with Crippen LogP contribution in [0.15, 0.2) is 24.3 Å². The van der Waals surface area contributed by atoms with Crippen molar-refractivity contribution in [3.8, 4) is 0 Å². The monoisotopic (exact) mass is 368 g/mol. The molecule has 0 radical (unpaired) electrons. The second-order valence-electron chi connectivity index (χ2n) is 8.26. The van der Waals surface area contributed by atoms with Gasteiger partial charge in [-0.15, -0.1) is 0 Å². The first-order valence-electron chi connectivity index (χ1n) is 10.5. The highest BCUT2D eigenvalue weighted by Gasteiger charge is 2.35. The van der Waals surface area contributed by atoms with Gasteiger partial charge in [0.2, 0.25) is 0 Å². The molecule has 148 valence electrons. The Morgan fingerprint density at radius 3 is 2.08 bits per heavy atom. The number of hydrogen-bond acceptors (Lipinski definition) is 0. The standard InChI is InChI=1S/C23H35F3/c1-3-4-5-6-7-8-9-18-10-12-19(13-11-18)20-14-16-21(17-15-20)22(24)23(2,25)26/h14-19,22H,3-13H2,1-2H3. The van der Waals surface area contributed by atoms with E-state index in [1.165, 1.54) is 76.2 Å². The van der Waals surface area contributed by atoms with Crippen LogP contribution in [0.5, 0.6) is 0 Å². The molecule has 1 aromatic carbocycles. The number of hydrogen-bond donors (Lipinski definition) is 0. The van der Waals surface area contributed by atoms with Crippen molar-refractivity contribution in [1.29, 1.82) is 0 Å². The van der Waals surface area contributed by atoms with Crippen LogP contribution in [0.3, 0.4) is 0 Å². The average molecular weight is 369 g/mol. The molecule has 1 unspecified atom stereocenters. The van der Waals surface area contributed by atoms with Crippen molar-refractivity contribution in [3.63, 3.8) is 0 Å². The van der Waals surface area contributed by atoms with Crippen molar-refractivity contribution in [1.82, 2.24) is 0 Å². The SMILES string of the molecule is CCCCCCCCC1CCC(c2ccc(C(F)C(C)(F)F)cc2)CC1. The van der Waals surface area contributed by atoms with Crippen molar-refractivity contribution >= 4 is 0 Å². The highest BCUT2D eigenvalue weighted by molar-refractivity contribution is 5.28. The molecular formula is C23H35F3. The van der Waals surface area contributed by atoms with Crippen LogP contribution in [0.25, 0.3) is 0 Å². The van der Waals surface area contributed by atoms with Gasteiger partial charge in [-0.3, -0.25) is 0 Å². The second-order valence-corrected chi connectivity index (χ2v) is 8.26. The molecule has 1 aliphatic carbocycles. The van der Waals surface area contributed by atoms with Crippen LogP contribution in [0.2, 0.25) is 0 Å². The maximum Gasteiger partial charge on any atom is 0.280 e. The van der Waals surface area contributed by atoms with E-state index in [1.54, 1.807) is 12.1 Å². The molecule has 0 aromatic heterocycles. The molecule has 0 saturated heterocycles. The molecule has 2 rings (SSSR count). The normalized spacial score (nSPS) is 22.3. The molecule has 1 aromatic rings. The van der Waals surface area contributed by atoms with Crippen molar-refractivity contribution in [2.75, 3.05) is 0 Å². The Kier molecular flexibility index (Phi) is 8.50. The lowest BCUT2D eigenvalue weighted by Gasteiger charge is -2.29. The summed E-state index contributed by atoms with van der Waals surface area (Å²) in [4.78, 5) is 0. The van der Waals surface area contributed by atoms with Crippen molar-refractivity contribution in [2.45, 2.75) is 102 Å². The van der Waals surface area contributed by atoms with Crippen LogP contribution in [0, 0.1) is 5.92 Å². The lowest BCUT2D eigenvalue weighted by Crippen LogP contribution is -2.18. The van der Waals surface area contributed by atoms with Crippen LogP contribution in [-0.4, -0.2) is 5.92 Å². The molecule has 1 atom stereocenters. The molecule has 0 amide bonds. The van der Waals surface area contributed by atoms with E-state index in [0.717, 1.165) is 5.92 Å². The summed E-state index contributed by atoms with van der Waals surface area (Å²) in [6.45, 7) is 2.89. The fraction of sp³-hybridized carbons (Fsp3) is 0.739. The molecule has 0 spiro atoms. The molecule has 1 saturated carbocycles. The van der Waals surface area contributed by atoms with E-state index in [2.05, 4.69) is 6.92 Å². The number of benzene rings is 1. The summed E-state index contributed by atoms with van der Waals surface area (Å²) >= 11 is 0. The first kappa shape index (κ1) is 21.3. The molecule has 0 bridgehead atoms. The maximum atomic E-state index is 13.7. The van der Waals surface area contributed by atoms with Crippen LogP contribution >= 0.6 is 0 Å². The summed E-state index contributed by atoms with van der Waals surface area (Å²) in [6, 6.07) is 6.79. The molecule has 1 fully saturated rings. The largest absolute Gasteiger partial charge is 0.280 e. The Balaban J connectivity index is 1.72. The van der Waals surface area contributed by atoms with Crippen LogP contribution in [-0.2, 0) is 0 Å². The Hall–Kier alpha value is -0.990. The minimum absolute atomic E-state index is 0.0815. The van der Waals surface area contributed by atoms with Gasteiger partial charge in [-0.1, -0.05) is 76.1 Å². The van der Waals surface area contributed by atoms with E-state index in [1.807, 2.05) is 12.1 Å². The topological polar surface area (TPSA) is 0 Å². The van der Waals surface area contributed by atoms with E-state index in [4.69, 9.17) is 0 Å². The van der Waals surface area contributed by atoms with Gasteiger partial charge in [0.05, 0.1) is 0 Å². The molecule has 0 heterocycles. The number of unbranched alkanes of at least 4 members (excludes halogenated alkanes) is 5. The van der Waals surface area contributed by atoms with Crippen LogP contribution in [0.4, 0.5) is 13.2 Å². The molecule has 1 aliphatic rings. The molecule has 0 N–H and O–H groups in total. The molecule has 3 heteroatoms. The molecular weight excluding hydrogens is 333 g/mol. The summed E-state index contributed by atoms with van der Waals surface area (Å²) in [7, 11) is 0. The molecule has 0 nitrogen and oxygen atoms in total. The first-order chi connectivity index (χ1) is 12.4. The number of rotatable bonds is 10. The highest BCUT2D eigenvalue weighted by Crippen LogP contribution is 2.39. The predicted octanol–water partition coefficient (Wildman–Crippen LogP) is 8.38. The Morgan fingerprint density at radius 2 is 1.50 bits per heavy atom. The Bertz CT molecular complexity index is 495. The van der Waals surface area contributed by atoms with Crippen molar-refractivity contribution in [3.05, 3.63) is 35.4 Å². The fourth-order valence-corrected chi connectivity index (χ4v) is 4.23. The third-order valence-electron chi connectivity index (χ3n) is 5.96. The summed E-state index contributed by atoms with van der Waals surface area (Å²) in [5.41, 5.74) is 1.26. The quantitative estimate of drug-likeness (QED) is 0.364. The van der Waals surface area contributed by atoms with E-state index >= 15 is 0 Å². The van der Waals surface area contributed by atoms with Crippen molar-refractivity contribution in [2.24, 2.45) is 5.92 Å². The number of halogens is 3. The molecule has 0 aliphatic heterocycles. The minimum Gasteiger partial charge on any atom is -0.236 e. The highest BCUT2D eigenvalue weighted by atomic mass is 19.3. The van der Waals surface area contributed by atoms with Gasteiger partial charge < -0.3 is 0 Å². The summed E-state index contributed by atoms with van der Waals surface area (Å²) in [6.07, 6.45) is 12.2. The van der Waals surface area contributed by atoms with E-state index in [0.29, 0.717) is 12.8 Å². The summed E-state index contributed by atoms with van der Waals surface area (Å²) in [5.74, 6) is -1.97. The van der Waals surface area contributed by atoms with Gasteiger partial charge in [0.25, 0.3) is 5.92 Å². The Labute approximate surface area is 157 Å². The van der Waals surface area contributed by atoms with Gasteiger partial charge in [0, 0.05) is 6.92 Å². The van der Waals surface area contributed by atoms with Crippen LogP contribution < -0.4 is 0 Å². The zero-order valence-corrected chi connectivity index (χ0v) is 16.5. The van der Waals surface area contributed by atoms with E-state index < -0.39 is 12.1 Å². The molecule has 26 heavy (non-hydrogen) atoms. The van der Waals surface area contributed by atoms with Gasteiger partial charge in [-0.25, -0.2) is 13.2 Å². The van der Waals surface area contributed by atoms with E-state index in [-0.39, 0.29) is 5.56 Å². The van der Waals surface area contributed by atoms with Gasteiger partial charge in [-0.05, 0) is 48.6 Å². The van der Waals surface area contributed by atoms with Crippen molar-refractivity contribution < 1.29 is 13.2 Å². The fourth-order valence-electron chi connectivity index (χ4n) is 4.23. The van der Waals surface area contributed by atoms with Gasteiger partial charge in [0.15, 0.2) is 6.17 Å². The lowest BCUT2D eigenvalue weighted by atomic mass is 9.77. The zero-order chi connectivity index (χ0) is 19.0. The minimum atomic E-state index is -3.32. The van der Waals surface area contributed by atoms with Crippen LogP contribution in [0.1, 0.15) is 108 Å². The van der Waals surface area contributed by atoms with Gasteiger partial charge >= 0.3 is 0 Å². The summed E-state index contributed by atoms with van der Waals surface area (Å²) in [5, 5.41) is 0. The smallest absolute Gasteiger partial charge is 0.236 e. The third kappa shape index (κ3) is 6.63.